The molecule has 0 aliphatic rings. The Labute approximate surface area is 127 Å². The number of carbonyl (C=O) groups is 2. The zero-order valence-electron chi connectivity index (χ0n) is 13.7. The summed E-state index contributed by atoms with van der Waals surface area (Å²) in [5, 5.41) is 2.90. The fourth-order valence-electron chi connectivity index (χ4n) is 2.23. The molecule has 4 nitrogen and oxygen atoms in total. The molecule has 0 bridgehead atoms. The monoisotopic (exact) mass is 290 g/mol. The van der Waals surface area contributed by atoms with Crippen LogP contribution in [-0.2, 0) is 16.0 Å². The summed E-state index contributed by atoms with van der Waals surface area (Å²) in [6.45, 7) is 10.4. The van der Waals surface area contributed by atoms with E-state index in [-0.39, 0.29) is 11.8 Å². The molecular weight excluding hydrogens is 264 g/mol. The van der Waals surface area contributed by atoms with Gasteiger partial charge in [-0.1, -0.05) is 25.1 Å². The predicted molar refractivity (Wildman–Crippen MR) is 86.2 cm³/mol. The molecule has 116 valence electrons. The third kappa shape index (κ3) is 3.84. The Hall–Kier alpha value is -1.84. The van der Waals surface area contributed by atoms with E-state index in [2.05, 4.69) is 5.32 Å². The number of anilines is 1. The molecule has 1 aromatic rings. The van der Waals surface area contributed by atoms with E-state index >= 15 is 0 Å². The van der Waals surface area contributed by atoms with Crippen LogP contribution in [0.2, 0.25) is 0 Å². The normalized spacial score (nSPS) is 11.1. The molecule has 1 aromatic carbocycles. The SMILES string of the molecule is CCc1ccccc1NC(=O)C(C)(C)C(=O)N(CC)CC. The average Bonchev–Trinajstić information content (AvgIpc) is 2.48. The van der Waals surface area contributed by atoms with Gasteiger partial charge in [0.15, 0.2) is 0 Å². The van der Waals surface area contributed by atoms with Crippen LogP contribution in [0.4, 0.5) is 5.69 Å². The molecule has 0 aliphatic carbocycles. The van der Waals surface area contributed by atoms with Crippen molar-refractivity contribution in [3.05, 3.63) is 29.8 Å². The smallest absolute Gasteiger partial charge is 0.239 e. The lowest BCUT2D eigenvalue weighted by molar-refractivity contribution is -0.146. The fraction of sp³-hybridized carbons (Fsp3) is 0.529. The van der Waals surface area contributed by atoms with Crippen molar-refractivity contribution in [3.8, 4) is 0 Å². The minimum atomic E-state index is -1.08. The summed E-state index contributed by atoms with van der Waals surface area (Å²) in [5.41, 5.74) is 0.773. The number of nitrogens with zero attached hydrogens (tertiary/aromatic N) is 1. The van der Waals surface area contributed by atoms with Gasteiger partial charge in [-0.05, 0) is 45.7 Å². The minimum absolute atomic E-state index is 0.140. The highest BCUT2D eigenvalue weighted by molar-refractivity contribution is 6.10. The Balaban J connectivity index is 2.93. The molecule has 0 unspecified atom stereocenters. The summed E-state index contributed by atoms with van der Waals surface area (Å²) in [7, 11) is 0. The van der Waals surface area contributed by atoms with Gasteiger partial charge in [0.25, 0.3) is 0 Å². The maximum atomic E-state index is 12.5. The van der Waals surface area contributed by atoms with Crippen molar-refractivity contribution >= 4 is 17.5 Å². The zero-order valence-corrected chi connectivity index (χ0v) is 13.7. The lowest BCUT2D eigenvalue weighted by atomic mass is 9.90. The maximum Gasteiger partial charge on any atom is 0.239 e. The van der Waals surface area contributed by atoms with Crippen LogP contribution in [0, 0.1) is 5.41 Å². The first-order valence-corrected chi connectivity index (χ1v) is 7.57. The van der Waals surface area contributed by atoms with E-state index < -0.39 is 5.41 Å². The van der Waals surface area contributed by atoms with Gasteiger partial charge in [-0.3, -0.25) is 9.59 Å². The van der Waals surface area contributed by atoms with Gasteiger partial charge >= 0.3 is 0 Å². The molecule has 4 heteroatoms. The van der Waals surface area contributed by atoms with E-state index in [1.165, 1.54) is 0 Å². The Bertz CT molecular complexity index is 505. The summed E-state index contributed by atoms with van der Waals surface area (Å²) in [6, 6.07) is 7.68. The molecule has 2 amide bonds. The number of aryl methyl sites for hydroxylation is 1. The molecule has 1 N–H and O–H groups in total. The zero-order chi connectivity index (χ0) is 16.0. The molecule has 21 heavy (non-hydrogen) atoms. The minimum Gasteiger partial charge on any atom is -0.342 e. The topological polar surface area (TPSA) is 49.4 Å². The lowest BCUT2D eigenvalue weighted by Gasteiger charge is -2.29. The lowest BCUT2D eigenvalue weighted by Crippen LogP contribution is -2.47. The number of hydrogen-bond acceptors (Lipinski definition) is 2. The second-order valence-corrected chi connectivity index (χ2v) is 5.57. The summed E-state index contributed by atoms with van der Waals surface area (Å²) < 4.78 is 0. The Morgan fingerprint density at radius 1 is 1.10 bits per heavy atom. The third-order valence-electron chi connectivity index (χ3n) is 3.80. The van der Waals surface area contributed by atoms with Crippen molar-refractivity contribution in [2.45, 2.75) is 41.0 Å². The number of hydrogen-bond donors (Lipinski definition) is 1. The van der Waals surface area contributed by atoms with Gasteiger partial charge in [0.05, 0.1) is 0 Å². The molecule has 0 aromatic heterocycles. The van der Waals surface area contributed by atoms with E-state index in [0.29, 0.717) is 13.1 Å². The maximum absolute atomic E-state index is 12.5. The fourth-order valence-corrected chi connectivity index (χ4v) is 2.23. The highest BCUT2D eigenvalue weighted by Crippen LogP contribution is 2.23. The van der Waals surface area contributed by atoms with Gasteiger partial charge < -0.3 is 10.2 Å². The van der Waals surface area contributed by atoms with Gasteiger partial charge in [0.1, 0.15) is 5.41 Å². The summed E-state index contributed by atoms with van der Waals surface area (Å²) in [4.78, 5) is 26.7. The molecule has 0 saturated heterocycles. The quantitative estimate of drug-likeness (QED) is 0.819. The Kier molecular flexibility index (Phi) is 5.94. The van der Waals surface area contributed by atoms with E-state index in [1.807, 2.05) is 45.0 Å². The summed E-state index contributed by atoms with van der Waals surface area (Å²) in [6.07, 6.45) is 0.834. The Morgan fingerprint density at radius 2 is 1.67 bits per heavy atom. The molecule has 0 spiro atoms. The van der Waals surface area contributed by atoms with Crippen LogP contribution in [0.5, 0.6) is 0 Å². The number of amides is 2. The number of carbonyl (C=O) groups excluding carboxylic acids is 2. The van der Waals surface area contributed by atoms with Crippen molar-refractivity contribution in [1.29, 1.82) is 0 Å². The first-order chi connectivity index (χ1) is 9.88. The molecule has 0 heterocycles. The van der Waals surface area contributed by atoms with Crippen molar-refractivity contribution in [2.24, 2.45) is 5.41 Å². The largest absolute Gasteiger partial charge is 0.342 e. The standard InChI is InChI=1S/C17H26N2O2/c1-6-13-11-9-10-12-14(13)18-15(20)17(4,5)16(21)19(7-2)8-3/h9-12H,6-8H2,1-5H3,(H,18,20). The second-order valence-electron chi connectivity index (χ2n) is 5.57. The van der Waals surface area contributed by atoms with Gasteiger partial charge in [-0.2, -0.15) is 0 Å². The van der Waals surface area contributed by atoms with Gasteiger partial charge in [-0.25, -0.2) is 0 Å². The molecular formula is C17H26N2O2. The van der Waals surface area contributed by atoms with Crippen LogP contribution < -0.4 is 5.32 Å². The van der Waals surface area contributed by atoms with Crippen molar-refractivity contribution in [2.75, 3.05) is 18.4 Å². The number of nitrogens with one attached hydrogen (secondary N) is 1. The number of para-hydroxylation sites is 1. The highest BCUT2D eigenvalue weighted by Gasteiger charge is 2.38. The molecule has 0 aliphatic heterocycles. The van der Waals surface area contributed by atoms with Crippen LogP contribution in [0.15, 0.2) is 24.3 Å². The van der Waals surface area contributed by atoms with Gasteiger partial charge in [0.2, 0.25) is 11.8 Å². The third-order valence-corrected chi connectivity index (χ3v) is 3.80. The molecule has 0 radical (unpaired) electrons. The Morgan fingerprint density at radius 3 is 2.19 bits per heavy atom. The van der Waals surface area contributed by atoms with Crippen LogP contribution in [-0.4, -0.2) is 29.8 Å². The number of benzene rings is 1. The van der Waals surface area contributed by atoms with Crippen LogP contribution in [0.1, 0.15) is 40.2 Å². The molecule has 0 atom stereocenters. The van der Waals surface area contributed by atoms with Crippen LogP contribution in [0.3, 0.4) is 0 Å². The van der Waals surface area contributed by atoms with Crippen molar-refractivity contribution in [1.82, 2.24) is 4.90 Å². The predicted octanol–water partition coefficient (Wildman–Crippen LogP) is 3.08. The van der Waals surface area contributed by atoms with E-state index in [4.69, 9.17) is 0 Å². The highest BCUT2D eigenvalue weighted by atomic mass is 16.2. The van der Waals surface area contributed by atoms with Gasteiger partial charge in [0, 0.05) is 18.8 Å². The second kappa shape index (κ2) is 7.25. The van der Waals surface area contributed by atoms with Crippen molar-refractivity contribution < 1.29 is 9.59 Å². The van der Waals surface area contributed by atoms with Crippen molar-refractivity contribution in [3.63, 3.8) is 0 Å². The van der Waals surface area contributed by atoms with E-state index in [9.17, 15) is 9.59 Å². The average molecular weight is 290 g/mol. The van der Waals surface area contributed by atoms with E-state index in [1.54, 1.807) is 18.7 Å². The van der Waals surface area contributed by atoms with Crippen LogP contribution >= 0.6 is 0 Å². The first-order valence-electron chi connectivity index (χ1n) is 7.57. The summed E-state index contributed by atoms with van der Waals surface area (Å²) >= 11 is 0. The number of rotatable bonds is 6. The molecule has 0 saturated carbocycles. The molecule has 1 rings (SSSR count). The van der Waals surface area contributed by atoms with Crippen LogP contribution in [0.25, 0.3) is 0 Å². The van der Waals surface area contributed by atoms with Gasteiger partial charge in [-0.15, -0.1) is 0 Å². The first kappa shape index (κ1) is 17.2. The molecule has 0 fully saturated rings. The summed E-state index contributed by atoms with van der Waals surface area (Å²) in [5.74, 6) is -0.403. The van der Waals surface area contributed by atoms with E-state index in [0.717, 1.165) is 17.7 Å².